The van der Waals surface area contributed by atoms with Crippen LogP contribution in [0.15, 0.2) is 66.7 Å². The topological polar surface area (TPSA) is 47.6 Å². The van der Waals surface area contributed by atoms with Crippen LogP contribution in [0.25, 0.3) is 11.1 Å². The maximum atomic E-state index is 13.9. The second-order valence-electron chi connectivity index (χ2n) is 9.32. The standard InChI is InChI=1S/C30H34FNO3/c1-21-6-3-4-7-25(21)20-34-27-12-14-28(15-13-27)35-29-11-10-23(16-17-32-22(2)33)30(19-29)24-8-5-9-26(31)18-24/h3-11,18-19,27-28H,12-17,20H2,1-2H3,(H,32,33). The van der Waals surface area contributed by atoms with Crippen LogP contribution >= 0.6 is 0 Å². The molecule has 5 heteroatoms. The number of aryl methyl sites for hydroxylation is 1. The first-order valence-electron chi connectivity index (χ1n) is 12.4. The van der Waals surface area contributed by atoms with Gasteiger partial charge in [-0.1, -0.05) is 42.5 Å². The van der Waals surface area contributed by atoms with Crippen molar-refractivity contribution < 1.29 is 18.7 Å². The van der Waals surface area contributed by atoms with Crippen LogP contribution in [0, 0.1) is 12.7 Å². The highest BCUT2D eigenvalue weighted by Crippen LogP contribution is 2.32. The summed E-state index contributed by atoms with van der Waals surface area (Å²) in [6, 6.07) is 21.0. The zero-order valence-corrected chi connectivity index (χ0v) is 20.6. The second-order valence-corrected chi connectivity index (χ2v) is 9.32. The predicted molar refractivity (Wildman–Crippen MR) is 137 cm³/mol. The zero-order valence-electron chi connectivity index (χ0n) is 20.6. The fourth-order valence-electron chi connectivity index (χ4n) is 4.63. The van der Waals surface area contributed by atoms with Crippen molar-refractivity contribution in [1.29, 1.82) is 0 Å². The molecule has 4 nitrogen and oxygen atoms in total. The van der Waals surface area contributed by atoms with Crippen LogP contribution < -0.4 is 10.1 Å². The van der Waals surface area contributed by atoms with E-state index in [1.54, 1.807) is 6.07 Å². The van der Waals surface area contributed by atoms with Gasteiger partial charge in [0.15, 0.2) is 0 Å². The summed E-state index contributed by atoms with van der Waals surface area (Å²) in [5, 5.41) is 2.84. The van der Waals surface area contributed by atoms with Gasteiger partial charge >= 0.3 is 0 Å². The number of amides is 1. The van der Waals surface area contributed by atoms with E-state index in [4.69, 9.17) is 9.47 Å². The minimum atomic E-state index is -0.273. The summed E-state index contributed by atoms with van der Waals surface area (Å²) in [5.74, 6) is 0.457. The van der Waals surface area contributed by atoms with Crippen molar-refractivity contribution in [1.82, 2.24) is 5.32 Å². The van der Waals surface area contributed by atoms with Gasteiger partial charge in [-0.25, -0.2) is 4.39 Å². The minimum absolute atomic E-state index is 0.0595. The molecule has 1 amide bonds. The fourth-order valence-corrected chi connectivity index (χ4v) is 4.63. The molecule has 1 N–H and O–H groups in total. The number of halogens is 1. The highest BCUT2D eigenvalue weighted by atomic mass is 19.1. The predicted octanol–water partition coefficient (Wildman–Crippen LogP) is 6.39. The Hall–Kier alpha value is -3.18. The van der Waals surface area contributed by atoms with E-state index in [9.17, 15) is 9.18 Å². The Balaban J connectivity index is 1.38. The van der Waals surface area contributed by atoms with Crippen molar-refractivity contribution in [2.75, 3.05) is 6.54 Å². The Morgan fingerprint density at radius 2 is 1.71 bits per heavy atom. The maximum Gasteiger partial charge on any atom is 0.216 e. The third-order valence-electron chi connectivity index (χ3n) is 6.65. The molecule has 0 unspecified atom stereocenters. The van der Waals surface area contributed by atoms with Gasteiger partial charge < -0.3 is 14.8 Å². The van der Waals surface area contributed by atoms with Gasteiger partial charge in [0.05, 0.1) is 18.8 Å². The molecule has 3 aromatic rings. The van der Waals surface area contributed by atoms with E-state index in [0.717, 1.165) is 48.1 Å². The van der Waals surface area contributed by atoms with E-state index in [1.807, 2.05) is 24.3 Å². The van der Waals surface area contributed by atoms with Gasteiger partial charge in [0.1, 0.15) is 11.6 Å². The number of benzene rings is 3. The Labute approximate surface area is 207 Å². The molecule has 0 saturated heterocycles. The summed E-state index contributed by atoms with van der Waals surface area (Å²) in [6.07, 6.45) is 4.89. The monoisotopic (exact) mass is 475 g/mol. The summed E-state index contributed by atoms with van der Waals surface area (Å²) >= 11 is 0. The number of carbonyl (C=O) groups is 1. The molecule has 1 aliphatic rings. The molecule has 1 saturated carbocycles. The van der Waals surface area contributed by atoms with Crippen molar-refractivity contribution in [3.8, 4) is 16.9 Å². The molecule has 1 fully saturated rings. The van der Waals surface area contributed by atoms with Crippen LogP contribution in [0.4, 0.5) is 4.39 Å². The van der Waals surface area contributed by atoms with Gasteiger partial charge in [-0.05, 0) is 91.1 Å². The van der Waals surface area contributed by atoms with Gasteiger partial charge in [-0.3, -0.25) is 4.79 Å². The largest absolute Gasteiger partial charge is 0.490 e. The molecule has 0 heterocycles. The van der Waals surface area contributed by atoms with Crippen molar-refractivity contribution in [2.24, 2.45) is 0 Å². The van der Waals surface area contributed by atoms with Crippen LogP contribution in [0.1, 0.15) is 49.3 Å². The molecule has 3 aromatic carbocycles. The van der Waals surface area contributed by atoms with Crippen molar-refractivity contribution in [3.63, 3.8) is 0 Å². The average molecular weight is 476 g/mol. The molecule has 35 heavy (non-hydrogen) atoms. The minimum Gasteiger partial charge on any atom is -0.490 e. The molecule has 0 atom stereocenters. The van der Waals surface area contributed by atoms with Crippen molar-refractivity contribution >= 4 is 5.91 Å². The number of hydrogen-bond donors (Lipinski definition) is 1. The van der Waals surface area contributed by atoms with Crippen LogP contribution in [0.2, 0.25) is 0 Å². The lowest BCUT2D eigenvalue weighted by Gasteiger charge is -2.29. The molecule has 0 aliphatic heterocycles. The highest BCUT2D eigenvalue weighted by molar-refractivity contribution is 5.73. The van der Waals surface area contributed by atoms with Gasteiger partial charge in [0.25, 0.3) is 0 Å². The molecule has 0 radical (unpaired) electrons. The van der Waals surface area contributed by atoms with Crippen LogP contribution in [-0.2, 0) is 22.6 Å². The highest BCUT2D eigenvalue weighted by Gasteiger charge is 2.23. The average Bonchev–Trinajstić information content (AvgIpc) is 2.85. The normalized spacial score (nSPS) is 17.7. The molecule has 4 rings (SSSR count). The van der Waals surface area contributed by atoms with E-state index in [-0.39, 0.29) is 23.9 Å². The molecular formula is C30H34FNO3. The number of carbonyl (C=O) groups excluding carboxylic acids is 1. The molecule has 1 aliphatic carbocycles. The first-order chi connectivity index (χ1) is 17.0. The number of ether oxygens (including phenoxy) is 2. The van der Waals surface area contributed by atoms with E-state index in [0.29, 0.717) is 19.6 Å². The Morgan fingerprint density at radius 1 is 0.943 bits per heavy atom. The summed E-state index contributed by atoms with van der Waals surface area (Å²) in [7, 11) is 0. The number of hydrogen-bond acceptors (Lipinski definition) is 3. The van der Waals surface area contributed by atoms with Crippen LogP contribution in [-0.4, -0.2) is 24.7 Å². The first kappa shape index (κ1) is 24.9. The zero-order chi connectivity index (χ0) is 24.6. The van der Waals surface area contributed by atoms with E-state index in [2.05, 4.69) is 36.5 Å². The molecule has 0 bridgehead atoms. The molecule has 184 valence electrons. The van der Waals surface area contributed by atoms with Gasteiger partial charge in [0, 0.05) is 13.5 Å². The summed E-state index contributed by atoms with van der Waals surface area (Å²) in [6.45, 7) is 4.81. The molecule has 0 spiro atoms. The van der Waals surface area contributed by atoms with Gasteiger partial charge in [-0.15, -0.1) is 0 Å². The second kappa shape index (κ2) is 12.0. The third kappa shape index (κ3) is 7.15. The van der Waals surface area contributed by atoms with E-state index < -0.39 is 0 Å². The SMILES string of the molecule is CC(=O)NCCc1ccc(OC2CCC(OCc3ccccc3C)CC2)cc1-c1cccc(F)c1. The quantitative estimate of drug-likeness (QED) is 0.390. The maximum absolute atomic E-state index is 13.9. The van der Waals surface area contributed by atoms with E-state index in [1.165, 1.54) is 30.2 Å². The van der Waals surface area contributed by atoms with Crippen LogP contribution in [0.5, 0.6) is 5.75 Å². The summed E-state index contributed by atoms with van der Waals surface area (Å²) < 4.78 is 26.5. The van der Waals surface area contributed by atoms with Crippen LogP contribution in [0.3, 0.4) is 0 Å². The van der Waals surface area contributed by atoms with Gasteiger partial charge in [-0.2, -0.15) is 0 Å². The lowest BCUT2D eigenvalue weighted by Crippen LogP contribution is -2.28. The van der Waals surface area contributed by atoms with Gasteiger partial charge in [0.2, 0.25) is 5.91 Å². The fraction of sp³-hybridized carbons (Fsp3) is 0.367. The number of nitrogens with one attached hydrogen (secondary N) is 1. The van der Waals surface area contributed by atoms with Crippen molar-refractivity contribution in [2.45, 2.75) is 64.8 Å². The molecular weight excluding hydrogens is 441 g/mol. The summed E-state index contributed by atoms with van der Waals surface area (Å²) in [4.78, 5) is 11.3. The Morgan fingerprint density at radius 3 is 2.46 bits per heavy atom. The van der Waals surface area contributed by atoms with Crippen molar-refractivity contribution in [3.05, 3.63) is 89.2 Å². The Kier molecular flexibility index (Phi) is 8.54. The lowest BCUT2D eigenvalue weighted by atomic mass is 9.94. The Bertz CT molecular complexity index is 1140. The summed E-state index contributed by atoms with van der Waals surface area (Å²) in [5.41, 5.74) is 5.29. The number of rotatable bonds is 9. The lowest BCUT2D eigenvalue weighted by molar-refractivity contribution is -0.118. The first-order valence-corrected chi connectivity index (χ1v) is 12.4. The van der Waals surface area contributed by atoms with E-state index >= 15 is 0 Å². The molecule has 0 aromatic heterocycles. The smallest absolute Gasteiger partial charge is 0.216 e. The third-order valence-corrected chi connectivity index (χ3v) is 6.65.